The molecule has 6 nitrogen and oxygen atoms in total. The minimum atomic E-state index is -0.387. The van der Waals surface area contributed by atoms with Gasteiger partial charge in [-0.3, -0.25) is 4.79 Å². The Bertz CT molecular complexity index is 883. The minimum absolute atomic E-state index is 0.0761. The summed E-state index contributed by atoms with van der Waals surface area (Å²) >= 11 is 6.43. The van der Waals surface area contributed by atoms with Crippen molar-refractivity contribution in [3.05, 3.63) is 52.5 Å². The molecule has 3 rings (SSSR count). The van der Waals surface area contributed by atoms with E-state index in [4.69, 9.17) is 25.8 Å². The summed E-state index contributed by atoms with van der Waals surface area (Å²) in [5.74, 6) is 0.181. The van der Waals surface area contributed by atoms with Gasteiger partial charge in [-0.25, -0.2) is 4.79 Å². The number of rotatable bonds is 7. The number of benzene rings is 2. The van der Waals surface area contributed by atoms with Gasteiger partial charge < -0.3 is 19.5 Å². The molecule has 1 atom stereocenters. The van der Waals surface area contributed by atoms with Crippen LogP contribution in [0.15, 0.2) is 36.4 Å². The number of methoxy groups -OCH3 is 2. The minimum Gasteiger partial charge on any atom is -0.486 e. The van der Waals surface area contributed by atoms with Crippen molar-refractivity contribution in [3.8, 4) is 16.9 Å². The molecule has 28 heavy (non-hydrogen) atoms. The number of hydrogen-bond donors (Lipinski definition) is 1. The van der Waals surface area contributed by atoms with Crippen LogP contribution in [0, 0.1) is 0 Å². The molecular formula is C21H22ClNO5. The van der Waals surface area contributed by atoms with Crippen molar-refractivity contribution in [2.24, 2.45) is 0 Å². The van der Waals surface area contributed by atoms with Crippen LogP contribution >= 0.6 is 11.6 Å². The first-order valence-electron chi connectivity index (χ1n) is 8.95. The third kappa shape index (κ3) is 4.64. The van der Waals surface area contributed by atoms with Crippen LogP contribution in [0.3, 0.4) is 0 Å². The van der Waals surface area contributed by atoms with E-state index in [1.807, 2.05) is 18.2 Å². The standard InChI is InChI=1S/C21H22ClNO5/c1-26-7-6-19(24)23-12-17-10-16-9-15(11-18(22)20(16)28-17)13-4-3-5-14(8-13)21(25)27-2/h3-5,8-9,11,17H,6-7,10,12H2,1-2H3,(H,23,24). The summed E-state index contributed by atoms with van der Waals surface area (Å²) in [6, 6.07) is 11.0. The molecule has 2 aromatic rings. The molecule has 0 aliphatic carbocycles. The summed E-state index contributed by atoms with van der Waals surface area (Å²) in [6.07, 6.45) is 0.789. The highest BCUT2D eigenvalue weighted by atomic mass is 35.5. The third-order valence-corrected chi connectivity index (χ3v) is 4.81. The van der Waals surface area contributed by atoms with Gasteiger partial charge in [0.25, 0.3) is 0 Å². The van der Waals surface area contributed by atoms with E-state index in [0.717, 1.165) is 16.7 Å². The number of halogens is 1. The third-order valence-electron chi connectivity index (χ3n) is 4.53. The number of fused-ring (bicyclic) bond motifs is 1. The number of hydrogen-bond acceptors (Lipinski definition) is 5. The quantitative estimate of drug-likeness (QED) is 0.718. The first kappa shape index (κ1) is 20.2. The zero-order valence-corrected chi connectivity index (χ0v) is 16.5. The van der Waals surface area contributed by atoms with E-state index < -0.39 is 0 Å². The van der Waals surface area contributed by atoms with Crippen LogP contribution < -0.4 is 10.1 Å². The Balaban J connectivity index is 1.73. The average molecular weight is 404 g/mol. The van der Waals surface area contributed by atoms with E-state index in [1.54, 1.807) is 25.3 Å². The lowest BCUT2D eigenvalue weighted by molar-refractivity contribution is -0.122. The fraction of sp³-hybridized carbons (Fsp3) is 0.333. The van der Waals surface area contributed by atoms with Gasteiger partial charge in [-0.05, 0) is 35.4 Å². The van der Waals surface area contributed by atoms with Gasteiger partial charge >= 0.3 is 5.97 Å². The fourth-order valence-electron chi connectivity index (χ4n) is 3.12. The summed E-state index contributed by atoms with van der Waals surface area (Å²) in [5.41, 5.74) is 3.21. The van der Waals surface area contributed by atoms with E-state index in [0.29, 0.717) is 42.3 Å². The lowest BCUT2D eigenvalue weighted by atomic mass is 9.99. The summed E-state index contributed by atoms with van der Waals surface area (Å²) in [4.78, 5) is 23.5. The van der Waals surface area contributed by atoms with Crippen molar-refractivity contribution < 1.29 is 23.8 Å². The maximum atomic E-state index is 11.8. The summed E-state index contributed by atoms with van der Waals surface area (Å²) in [6.45, 7) is 0.790. The molecule has 1 aliphatic rings. The van der Waals surface area contributed by atoms with Crippen molar-refractivity contribution in [1.29, 1.82) is 0 Å². The van der Waals surface area contributed by atoms with Crippen molar-refractivity contribution in [2.75, 3.05) is 27.4 Å². The van der Waals surface area contributed by atoms with Gasteiger partial charge in [-0.1, -0.05) is 23.7 Å². The van der Waals surface area contributed by atoms with E-state index in [1.165, 1.54) is 7.11 Å². The number of amides is 1. The van der Waals surface area contributed by atoms with Crippen LogP contribution in [0.1, 0.15) is 22.3 Å². The summed E-state index contributed by atoms with van der Waals surface area (Å²) in [5, 5.41) is 3.35. The maximum absolute atomic E-state index is 11.8. The van der Waals surface area contributed by atoms with Crippen LogP contribution in [0.2, 0.25) is 5.02 Å². The summed E-state index contributed by atoms with van der Waals surface area (Å²) in [7, 11) is 2.91. The number of esters is 1. The van der Waals surface area contributed by atoms with Crippen LogP contribution in [0.5, 0.6) is 5.75 Å². The van der Waals surface area contributed by atoms with Crippen LogP contribution in [-0.4, -0.2) is 45.4 Å². The topological polar surface area (TPSA) is 73.9 Å². The smallest absolute Gasteiger partial charge is 0.337 e. The van der Waals surface area contributed by atoms with E-state index >= 15 is 0 Å². The highest BCUT2D eigenvalue weighted by molar-refractivity contribution is 6.32. The van der Waals surface area contributed by atoms with Crippen molar-refractivity contribution in [2.45, 2.75) is 18.9 Å². The number of ether oxygens (including phenoxy) is 3. The average Bonchev–Trinajstić information content (AvgIpc) is 3.14. The second-order valence-electron chi connectivity index (χ2n) is 6.51. The molecular weight excluding hydrogens is 382 g/mol. The Kier molecular flexibility index (Phi) is 6.54. The van der Waals surface area contributed by atoms with Crippen molar-refractivity contribution >= 4 is 23.5 Å². The molecule has 1 unspecified atom stereocenters. The molecule has 2 aromatic carbocycles. The van der Waals surface area contributed by atoms with Crippen LogP contribution in [0.25, 0.3) is 11.1 Å². The maximum Gasteiger partial charge on any atom is 0.337 e. The molecule has 0 spiro atoms. The Morgan fingerprint density at radius 3 is 2.79 bits per heavy atom. The monoisotopic (exact) mass is 403 g/mol. The largest absolute Gasteiger partial charge is 0.486 e. The molecule has 0 radical (unpaired) electrons. The second kappa shape index (κ2) is 9.08. The van der Waals surface area contributed by atoms with E-state index in [2.05, 4.69) is 5.32 Å². The molecule has 0 saturated carbocycles. The SMILES string of the molecule is COCCC(=O)NCC1Cc2cc(-c3cccc(C(=O)OC)c3)cc(Cl)c2O1. The predicted octanol–water partition coefficient (Wildman–Crippen LogP) is 3.25. The highest BCUT2D eigenvalue weighted by Crippen LogP contribution is 2.39. The van der Waals surface area contributed by atoms with Crippen LogP contribution in [-0.2, 0) is 20.7 Å². The molecule has 0 fully saturated rings. The Morgan fingerprint density at radius 1 is 1.21 bits per heavy atom. The first-order valence-corrected chi connectivity index (χ1v) is 9.33. The number of carbonyl (C=O) groups is 2. The van der Waals surface area contributed by atoms with Gasteiger partial charge in [-0.2, -0.15) is 0 Å². The molecule has 0 bridgehead atoms. The Hall–Kier alpha value is -2.57. The van der Waals surface area contributed by atoms with Crippen LogP contribution in [0.4, 0.5) is 0 Å². The van der Waals surface area contributed by atoms with Gasteiger partial charge in [0.1, 0.15) is 11.9 Å². The molecule has 7 heteroatoms. The van der Waals surface area contributed by atoms with E-state index in [9.17, 15) is 9.59 Å². The zero-order valence-electron chi connectivity index (χ0n) is 15.8. The van der Waals surface area contributed by atoms with Gasteiger partial charge in [0.05, 0.1) is 30.8 Å². The zero-order chi connectivity index (χ0) is 20.1. The lowest BCUT2D eigenvalue weighted by Crippen LogP contribution is -2.34. The van der Waals surface area contributed by atoms with Gasteiger partial charge in [-0.15, -0.1) is 0 Å². The number of carbonyl (C=O) groups excluding carboxylic acids is 2. The Labute approximate surface area is 168 Å². The second-order valence-corrected chi connectivity index (χ2v) is 6.92. The van der Waals surface area contributed by atoms with Gasteiger partial charge in [0.15, 0.2) is 0 Å². The van der Waals surface area contributed by atoms with Gasteiger partial charge in [0.2, 0.25) is 5.91 Å². The van der Waals surface area contributed by atoms with Crippen molar-refractivity contribution in [1.82, 2.24) is 5.32 Å². The Morgan fingerprint density at radius 2 is 2.04 bits per heavy atom. The molecule has 1 amide bonds. The predicted molar refractivity (Wildman–Crippen MR) is 106 cm³/mol. The molecule has 1 N–H and O–H groups in total. The van der Waals surface area contributed by atoms with Gasteiger partial charge in [0, 0.05) is 25.5 Å². The van der Waals surface area contributed by atoms with Crippen molar-refractivity contribution in [3.63, 3.8) is 0 Å². The summed E-state index contributed by atoms with van der Waals surface area (Å²) < 4.78 is 15.6. The molecule has 148 valence electrons. The molecule has 0 saturated heterocycles. The normalized spacial score (nSPS) is 14.9. The molecule has 0 aromatic heterocycles. The molecule has 1 aliphatic heterocycles. The lowest BCUT2D eigenvalue weighted by Gasteiger charge is -2.12. The van der Waals surface area contributed by atoms with E-state index in [-0.39, 0.29) is 18.0 Å². The first-order chi connectivity index (χ1) is 13.5. The highest BCUT2D eigenvalue weighted by Gasteiger charge is 2.26. The molecule has 1 heterocycles. The fourth-order valence-corrected chi connectivity index (χ4v) is 3.41. The number of nitrogens with one attached hydrogen (secondary N) is 1.